The molecule has 1 aromatic carbocycles. The molecule has 0 fully saturated rings. The molecular formula is C9H2BrCl2F3N2O. The molecule has 9 heteroatoms. The number of rotatable bonds is 2. The minimum atomic E-state index is -3.09. The summed E-state index contributed by atoms with van der Waals surface area (Å²) in [4.78, 5) is 7.23. The number of fused-ring (bicyclic) bond motifs is 1. The molecule has 0 bridgehead atoms. The fourth-order valence-electron chi connectivity index (χ4n) is 1.30. The van der Waals surface area contributed by atoms with Crippen LogP contribution in [0.2, 0.25) is 10.4 Å². The summed E-state index contributed by atoms with van der Waals surface area (Å²) in [5, 5.41) is -0.381. The standard InChI is InChI=1S/C9H2BrCl2F3N2O/c10-4-3(18-9(14)15)1-2-6(5(4)13)16-8(12)17-7(2)11/h1,9H. The van der Waals surface area contributed by atoms with Gasteiger partial charge in [0.05, 0.1) is 4.47 Å². The number of hydrogen-bond donors (Lipinski definition) is 0. The fourth-order valence-corrected chi connectivity index (χ4v) is 2.13. The summed E-state index contributed by atoms with van der Waals surface area (Å²) in [7, 11) is 0. The molecule has 2 rings (SSSR count). The van der Waals surface area contributed by atoms with Gasteiger partial charge in [0, 0.05) is 5.39 Å². The van der Waals surface area contributed by atoms with Gasteiger partial charge in [0.25, 0.3) is 0 Å². The molecule has 0 aliphatic heterocycles. The van der Waals surface area contributed by atoms with E-state index in [9.17, 15) is 13.2 Å². The molecule has 96 valence electrons. The second kappa shape index (κ2) is 5.07. The molecule has 3 nitrogen and oxygen atoms in total. The lowest BCUT2D eigenvalue weighted by molar-refractivity contribution is -0.0504. The minimum Gasteiger partial charge on any atom is -0.433 e. The van der Waals surface area contributed by atoms with E-state index in [4.69, 9.17) is 23.2 Å². The molecule has 0 spiro atoms. The van der Waals surface area contributed by atoms with Crippen LogP contribution in [0.1, 0.15) is 0 Å². The molecule has 0 aliphatic rings. The number of aromatic nitrogens is 2. The van der Waals surface area contributed by atoms with Gasteiger partial charge in [-0.05, 0) is 33.6 Å². The number of alkyl halides is 2. The van der Waals surface area contributed by atoms with E-state index in [2.05, 4.69) is 30.6 Å². The maximum atomic E-state index is 13.9. The van der Waals surface area contributed by atoms with Gasteiger partial charge in [0.15, 0.2) is 5.82 Å². The molecule has 0 N–H and O–H groups in total. The SMILES string of the molecule is Fc1c(Br)c(OC(F)F)cc2c(Cl)nc(Cl)nc12. The van der Waals surface area contributed by atoms with E-state index in [1.165, 1.54) is 0 Å². The third-order valence-electron chi connectivity index (χ3n) is 1.98. The zero-order valence-electron chi connectivity index (χ0n) is 8.23. The normalized spacial score (nSPS) is 11.3. The van der Waals surface area contributed by atoms with Crippen LogP contribution >= 0.6 is 39.1 Å². The van der Waals surface area contributed by atoms with Crippen molar-refractivity contribution < 1.29 is 17.9 Å². The Balaban J connectivity index is 2.75. The Bertz CT molecular complexity index is 627. The van der Waals surface area contributed by atoms with Gasteiger partial charge in [-0.15, -0.1) is 0 Å². The number of benzene rings is 1. The Kier molecular flexibility index (Phi) is 3.84. The second-order valence-electron chi connectivity index (χ2n) is 3.06. The Morgan fingerprint density at radius 3 is 2.56 bits per heavy atom. The minimum absolute atomic E-state index is 0.0254. The van der Waals surface area contributed by atoms with E-state index < -0.39 is 18.2 Å². The number of halogens is 6. The molecule has 0 saturated heterocycles. The topological polar surface area (TPSA) is 35.0 Å². The van der Waals surface area contributed by atoms with Gasteiger partial charge in [-0.2, -0.15) is 8.78 Å². The third kappa shape index (κ3) is 2.48. The number of nitrogens with zero attached hydrogens (tertiary/aromatic N) is 2. The molecule has 0 radical (unpaired) electrons. The first kappa shape index (κ1) is 13.6. The molecule has 0 aliphatic carbocycles. The highest BCUT2D eigenvalue weighted by molar-refractivity contribution is 9.10. The predicted octanol–water partition coefficient (Wildman–Crippen LogP) is 4.44. The summed E-state index contributed by atoms with van der Waals surface area (Å²) < 4.78 is 42.0. The lowest BCUT2D eigenvalue weighted by Gasteiger charge is -2.10. The molecule has 0 atom stereocenters. The molecule has 0 amide bonds. The lowest BCUT2D eigenvalue weighted by Crippen LogP contribution is -2.04. The predicted molar refractivity (Wildman–Crippen MR) is 63.8 cm³/mol. The van der Waals surface area contributed by atoms with Crippen molar-refractivity contribution in [3.8, 4) is 5.75 Å². The van der Waals surface area contributed by atoms with Crippen LogP contribution in [-0.2, 0) is 0 Å². The van der Waals surface area contributed by atoms with E-state index in [0.29, 0.717) is 0 Å². The molecule has 2 aromatic rings. The lowest BCUT2D eigenvalue weighted by atomic mass is 10.2. The van der Waals surface area contributed by atoms with Crippen LogP contribution in [0.15, 0.2) is 10.5 Å². The molecule has 1 heterocycles. The van der Waals surface area contributed by atoms with Crippen molar-refractivity contribution in [1.82, 2.24) is 9.97 Å². The summed E-state index contributed by atoms with van der Waals surface area (Å²) >= 11 is 14.1. The maximum Gasteiger partial charge on any atom is 0.387 e. The van der Waals surface area contributed by atoms with Crippen molar-refractivity contribution in [2.24, 2.45) is 0 Å². The summed E-state index contributed by atoms with van der Waals surface area (Å²) in [5.74, 6) is -1.31. The first-order chi connectivity index (χ1) is 8.40. The van der Waals surface area contributed by atoms with Crippen molar-refractivity contribution in [2.45, 2.75) is 6.61 Å². The van der Waals surface area contributed by atoms with Crippen LogP contribution in [-0.4, -0.2) is 16.6 Å². The largest absolute Gasteiger partial charge is 0.433 e. The zero-order valence-corrected chi connectivity index (χ0v) is 11.3. The first-order valence-electron chi connectivity index (χ1n) is 4.35. The summed E-state index contributed by atoms with van der Waals surface area (Å²) in [6, 6.07) is 1.10. The van der Waals surface area contributed by atoms with Crippen LogP contribution < -0.4 is 4.74 Å². The molecule has 0 unspecified atom stereocenters. The molecular weight excluding hydrogens is 360 g/mol. The zero-order chi connectivity index (χ0) is 13.4. The Hall–Kier alpha value is -0.790. The van der Waals surface area contributed by atoms with Crippen molar-refractivity contribution in [3.05, 3.63) is 26.8 Å². The third-order valence-corrected chi connectivity index (χ3v) is 3.18. The first-order valence-corrected chi connectivity index (χ1v) is 5.90. The van der Waals surface area contributed by atoms with Gasteiger partial charge in [0.2, 0.25) is 5.28 Å². The van der Waals surface area contributed by atoms with Crippen LogP contribution in [0.4, 0.5) is 13.2 Å². The van der Waals surface area contributed by atoms with Crippen LogP contribution in [0, 0.1) is 5.82 Å². The van der Waals surface area contributed by atoms with Crippen LogP contribution in [0.25, 0.3) is 10.9 Å². The monoisotopic (exact) mass is 360 g/mol. The maximum absolute atomic E-state index is 13.9. The summed E-state index contributed by atoms with van der Waals surface area (Å²) in [5.41, 5.74) is -0.187. The summed E-state index contributed by atoms with van der Waals surface area (Å²) in [6.45, 7) is -3.09. The van der Waals surface area contributed by atoms with Crippen molar-refractivity contribution in [3.63, 3.8) is 0 Å². The van der Waals surface area contributed by atoms with Gasteiger partial charge in [0.1, 0.15) is 16.4 Å². The summed E-state index contributed by atoms with van der Waals surface area (Å²) in [6.07, 6.45) is 0. The van der Waals surface area contributed by atoms with Gasteiger partial charge >= 0.3 is 6.61 Å². The van der Waals surface area contributed by atoms with E-state index >= 15 is 0 Å². The van der Waals surface area contributed by atoms with E-state index in [1.54, 1.807) is 0 Å². The fraction of sp³-hybridized carbons (Fsp3) is 0.111. The van der Waals surface area contributed by atoms with E-state index in [1.807, 2.05) is 0 Å². The van der Waals surface area contributed by atoms with Gasteiger partial charge in [-0.3, -0.25) is 0 Å². The smallest absolute Gasteiger partial charge is 0.387 e. The van der Waals surface area contributed by atoms with E-state index in [-0.39, 0.29) is 25.8 Å². The van der Waals surface area contributed by atoms with Crippen molar-refractivity contribution in [1.29, 1.82) is 0 Å². The van der Waals surface area contributed by atoms with Crippen LogP contribution in [0.5, 0.6) is 5.75 Å². The average Bonchev–Trinajstić information content (AvgIpc) is 2.26. The van der Waals surface area contributed by atoms with Gasteiger partial charge in [-0.1, -0.05) is 11.6 Å². The Morgan fingerprint density at radius 1 is 1.28 bits per heavy atom. The Morgan fingerprint density at radius 2 is 1.94 bits per heavy atom. The number of hydrogen-bond acceptors (Lipinski definition) is 3. The van der Waals surface area contributed by atoms with Crippen molar-refractivity contribution >= 4 is 50.0 Å². The van der Waals surface area contributed by atoms with Crippen molar-refractivity contribution in [2.75, 3.05) is 0 Å². The molecule has 1 aromatic heterocycles. The van der Waals surface area contributed by atoms with E-state index in [0.717, 1.165) is 6.07 Å². The number of ether oxygens (including phenoxy) is 1. The molecule has 0 saturated carbocycles. The quantitative estimate of drug-likeness (QED) is 0.586. The highest BCUT2D eigenvalue weighted by atomic mass is 79.9. The Labute approximate surface area is 117 Å². The van der Waals surface area contributed by atoms with Gasteiger partial charge < -0.3 is 4.74 Å². The second-order valence-corrected chi connectivity index (χ2v) is 4.55. The van der Waals surface area contributed by atoms with Crippen LogP contribution in [0.3, 0.4) is 0 Å². The highest BCUT2D eigenvalue weighted by Gasteiger charge is 2.19. The molecule has 18 heavy (non-hydrogen) atoms. The van der Waals surface area contributed by atoms with Gasteiger partial charge in [-0.25, -0.2) is 14.4 Å². The highest BCUT2D eigenvalue weighted by Crippen LogP contribution is 2.36. The average molecular weight is 362 g/mol.